The fourth-order valence-corrected chi connectivity index (χ4v) is 5.42. The summed E-state index contributed by atoms with van der Waals surface area (Å²) < 4.78 is 11.6. The second kappa shape index (κ2) is 9.44. The number of amides is 1. The van der Waals surface area contributed by atoms with Gasteiger partial charge in [-0.05, 0) is 70.0 Å². The van der Waals surface area contributed by atoms with Crippen molar-refractivity contribution in [2.24, 2.45) is 5.92 Å². The fraction of sp³-hybridized carbons (Fsp3) is 0.393. The van der Waals surface area contributed by atoms with E-state index in [4.69, 9.17) is 9.15 Å². The summed E-state index contributed by atoms with van der Waals surface area (Å²) in [7, 11) is 0. The van der Waals surface area contributed by atoms with Gasteiger partial charge in [-0.1, -0.05) is 24.3 Å². The summed E-state index contributed by atoms with van der Waals surface area (Å²) in [6.45, 7) is 8.53. The van der Waals surface area contributed by atoms with Crippen molar-refractivity contribution in [2.45, 2.75) is 39.2 Å². The van der Waals surface area contributed by atoms with Crippen molar-refractivity contribution in [3.63, 3.8) is 0 Å². The van der Waals surface area contributed by atoms with Gasteiger partial charge >= 0.3 is 0 Å². The topological polar surface area (TPSA) is 45.9 Å². The van der Waals surface area contributed by atoms with Gasteiger partial charge in [0.15, 0.2) is 0 Å². The smallest absolute Gasteiger partial charge is 0.253 e. The van der Waals surface area contributed by atoms with E-state index in [0.717, 1.165) is 44.0 Å². The van der Waals surface area contributed by atoms with E-state index in [-0.39, 0.29) is 5.91 Å². The molecule has 0 radical (unpaired) electrons. The van der Waals surface area contributed by atoms with Crippen molar-refractivity contribution < 1.29 is 13.9 Å². The van der Waals surface area contributed by atoms with Gasteiger partial charge in [0.05, 0.1) is 12.5 Å². The van der Waals surface area contributed by atoms with E-state index in [1.165, 1.54) is 16.7 Å². The van der Waals surface area contributed by atoms with Crippen molar-refractivity contribution in [1.29, 1.82) is 0 Å². The predicted octanol–water partition coefficient (Wildman–Crippen LogP) is 5.91. The van der Waals surface area contributed by atoms with E-state index in [1.54, 1.807) is 6.26 Å². The van der Waals surface area contributed by atoms with Crippen LogP contribution in [0.4, 0.5) is 0 Å². The quantitative estimate of drug-likeness (QED) is 0.474. The lowest BCUT2D eigenvalue weighted by atomic mass is 9.74. The third kappa shape index (κ3) is 4.30. The lowest BCUT2D eigenvalue weighted by molar-refractivity contribution is 0.0772. The number of carbonyl (C=O) groups is 1. The molecule has 1 atom stereocenters. The van der Waals surface area contributed by atoms with Gasteiger partial charge in [-0.3, -0.25) is 9.69 Å². The number of para-hydroxylation sites is 1. The number of nitrogens with zero attached hydrogens (tertiary/aromatic N) is 2. The third-order valence-electron chi connectivity index (χ3n) is 7.21. The summed E-state index contributed by atoms with van der Waals surface area (Å²) in [5.74, 6) is 2.65. The number of fused-ring (bicyclic) bond motifs is 2. The van der Waals surface area contributed by atoms with Crippen LogP contribution in [0.3, 0.4) is 0 Å². The SMILES string of the molecule is CCN(CC)C(=O)c1ccc2c(c1)Oc1ccccc1[C@@H]2C1CCN(Cc2ccoc2)CC1. The Hall–Kier alpha value is -3.05. The summed E-state index contributed by atoms with van der Waals surface area (Å²) in [4.78, 5) is 17.3. The van der Waals surface area contributed by atoms with Crippen molar-refractivity contribution in [3.05, 3.63) is 83.3 Å². The van der Waals surface area contributed by atoms with Crippen LogP contribution in [-0.4, -0.2) is 41.9 Å². The summed E-state index contributed by atoms with van der Waals surface area (Å²) in [5, 5.41) is 0. The van der Waals surface area contributed by atoms with Crippen LogP contribution in [-0.2, 0) is 6.54 Å². The number of benzene rings is 2. The number of likely N-dealkylation sites (tertiary alicyclic amines) is 1. The average molecular weight is 445 g/mol. The van der Waals surface area contributed by atoms with Gasteiger partial charge < -0.3 is 14.1 Å². The summed E-state index contributed by atoms with van der Waals surface area (Å²) in [6.07, 6.45) is 5.86. The maximum absolute atomic E-state index is 12.9. The minimum absolute atomic E-state index is 0.0642. The first kappa shape index (κ1) is 21.8. The number of piperidine rings is 1. The van der Waals surface area contributed by atoms with Crippen LogP contribution >= 0.6 is 0 Å². The zero-order valence-corrected chi connectivity index (χ0v) is 19.5. The summed E-state index contributed by atoms with van der Waals surface area (Å²) in [6, 6.07) is 16.5. The van der Waals surface area contributed by atoms with Gasteiger partial charge in [0.1, 0.15) is 11.5 Å². The van der Waals surface area contributed by atoms with Crippen LogP contribution in [0.1, 0.15) is 59.7 Å². The molecular formula is C28H32N2O3. The highest BCUT2D eigenvalue weighted by atomic mass is 16.5. The molecule has 0 bridgehead atoms. The highest BCUT2D eigenvalue weighted by Crippen LogP contribution is 2.50. The van der Waals surface area contributed by atoms with E-state index in [1.807, 2.05) is 49.3 Å². The minimum atomic E-state index is 0.0642. The Morgan fingerprint density at radius 3 is 2.48 bits per heavy atom. The first-order chi connectivity index (χ1) is 16.2. The highest BCUT2D eigenvalue weighted by molar-refractivity contribution is 5.95. The highest BCUT2D eigenvalue weighted by Gasteiger charge is 2.35. The van der Waals surface area contributed by atoms with Crippen LogP contribution in [0.2, 0.25) is 0 Å². The first-order valence-corrected chi connectivity index (χ1v) is 12.1. The van der Waals surface area contributed by atoms with E-state index < -0.39 is 0 Å². The van der Waals surface area contributed by atoms with Crippen molar-refractivity contribution >= 4 is 5.91 Å². The summed E-state index contributed by atoms with van der Waals surface area (Å²) >= 11 is 0. The lowest BCUT2D eigenvalue weighted by Gasteiger charge is -2.39. The van der Waals surface area contributed by atoms with Crippen molar-refractivity contribution in [1.82, 2.24) is 9.80 Å². The van der Waals surface area contributed by atoms with Crippen LogP contribution in [0.25, 0.3) is 0 Å². The second-order valence-corrected chi connectivity index (χ2v) is 9.09. The zero-order valence-electron chi connectivity index (χ0n) is 19.5. The number of furan rings is 1. The van der Waals surface area contributed by atoms with E-state index in [0.29, 0.717) is 30.5 Å². The molecule has 1 saturated heterocycles. The Kier molecular flexibility index (Phi) is 6.23. The van der Waals surface area contributed by atoms with E-state index >= 15 is 0 Å². The molecule has 172 valence electrons. The Morgan fingerprint density at radius 2 is 1.76 bits per heavy atom. The lowest BCUT2D eigenvalue weighted by Crippen LogP contribution is -2.36. The maximum Gasteiger partial charge on any atom is 0.253 e. The van der Waals surface area contributed by atoms with Crippen LogP contribution < -0.4 is 4.74 Å². The molecule has 5 heteroatoms. The standard InChI is InChI=1S/C28H32N2O3/c1-3-30(4-2)28(31)22-9-10-24-26(17-22)33-25-8-6-5-7-23(25)27(24)21-11-14-29(15-12-21)18-20-13-16-32-19-20/h5-10,13,16-17,19,21,27H,3-4,11-12,14-15,18H2,1-2H3/t27-/m0/s1. The van der Waals surface area contributed by atoms with E-state index in [9.17, 15) is 4.79 Å². The largest absolute Gasteiger partial charge is 0.472 e. The fourth-order valence-electron chi connectivity index (χ4n) is 5.42. The van der Waals surface area contributed by atoms with Gasteiger partial charge in [-0.15, -0.1) is 0 Å². The molecule has 0 spiro atoms. The van der Waals surface area contributed by atoms with Crippen LogP contribution in [0.5, 0.6) is 11.5 Å². The normalized spacial score (nSPS) is 18.3. The number of carbonyl (C=O) groups excluding carboxylic acids is 1. The third-order valence-corrected chi connectivity index (χ3v) is 7.21. The molecule has 0 aliphatic carbocycles. The number of ether oxygens (including phenoxy) is 1. The molecule has 3 aromatic rings. The molecule has 33 heavy (non-hydrogen) atoms. The van der Waals surface area contributed by atoms with Crippen molar-refractivity contribution in [3.8, 4) is 11.5 Å². The van der Waals surface area contributed by atoms with Crippen molar-refractivity contribution in [2.75, 3.05) is 26.2 Å². The monoisotopic (exact) mass is 444 g/mol. The minimum Gasteiger partial charge on any atom is -0.472 e. The molecule has 0 saturated carbocycles. The second-order valence-electron chi connectivity index (χ2n) is 9.09. The Morgan fingerprint density at radius 1 is 1.00 bits per heavy atom. The molecule has 1 fully saturated rings. The number of rotatable bonds is 6. The number of hydrogen-bond acceptors (Lipinski definition) is 4. The molecule has 3 heterocycles. The molecule has 2 aliphatic rings. The Bertz CT molecular complexity index is 1100. The molecule has 0 unspecified atom stereocenters. The van der Waals surface area contributed by atoms with Crippen LogP contribution in [0, 0.1) is 5.92 Å². The average Bonchev–Trinajstić information content (AvgIpc) is 3.36. The maximum atomic E-state index is 12.9. The molecule has 0 N–H and O–H groups in total. The van der Waals surface area contributed by atoms with Crippen LogP contribution in [0.15, 0.2) is 65.5 Å². The summed E-state index contributed by atoms with van der Waals surface area (Å²) in [5.41, 5.74) is 4.41. The molecule has 1 amide bonds. The van der Waals surface area contributed by atoms with E-state index in [2.05, 4.69) is 29.2 Å². The molecular weight excluding hydrogens is 412 g/mol. The zero-order chi connectivity index (χ0) is 22.8. The predicted molar refractivity (Wildman–Crippen MR) is 129 cm³/mol. The Balaban J connectivity index is 1.41. The van der Waals surface area contributed by atoms with Gasteiger partial charge in [0.2, 0.25) is 0 Å². The Labute approximate surface area is 196 Å². The molecule has 5 rings (SSSR count). The number of hydrogen-bond donors (Lipinski definition) is 0. The first-order valence-electron chi connectivity index (χ1n) is 12.1. The van der Waals surface area contributed by atoms with Gasteiger partial charge in [-0.2, -0.15) is 0 Å². The molecule has 2 aromatic carbocycles. The molecule has 1 aromatic heterocycles. The molecule has 2 aliphatic heterocycles. The van der Waals surface area contributed by atoms with Gasteiger partial charge in [0, 0.05) is 47.8 Å². The van der Waals surface area contributed by atoms with Gasteiger partial charge in [-0.25, -0.2) is 0 Å². The molecule has 5 nitrogen and oxygen atoms in total. The van der Waals surface area contributed by atoms with Gasteiger partial charge in [0.25, 0.3) is 5.91 Å².